The Morgan fingerprint density at radius 3 is 2.55 bits per heavy atom. The Labute approximate surface area is 131 Å². The summed E-state index contributed by atoms with van der Waals surface area (Å²) in [5, 5.41) is 8.42. The zero-order chi connectivity index (χ0) is 16.5. The molecule has 8 heteroatoms. The topological polar surface area (TPSA) is 73.0 Å². The molecule has 122 valence electrons. The van der Waals surface area contributed by atoms with E-state index < -0.39 is 10.0 Å². The lowest BCUT2D eigenvalue weighted by molar-refractivity contribution is 0.464. The smallest absolute Gasteiger partial charge is 0.246 e. The van der Waals surface area contributed by atoms with Crippen molar-refractivity contribution in [3.63, 3.8) is 0 Å². The number of hydrogen-bond donors (Lipinski definition) is 0. The molecule has 0 fully saturated rings. The van der Waals surface area contributed by atoms with Crippen molar-refractivity contribution < 1.29 is 8.42 Å². The molecule has 0 saturated heterocycles. The summed E-state index contributed by atoms with van der Waals surface area (Å²) in [7, 11) is -0.108. The van der Waals surface area contributed by atoms with E-state index in [0.29, 0.717) is 13.1 Å². The highest BCUT2D eigenvalue weighted by molar-refractivity contribution is 7.89. The summed E-state index contributed by atoms with van der Waals surface area (Å²) in [6.45, 7) is 6.86. The summed E-state index contributed by atoms with van der Waals surface area (Å²) in [6.07, 6.45) is 3.90. The molecule has 0 amide bonds. The molecule has 0 atom stereocenters. The highest BCUT2D eigenvalue weighted by atomic mass is 32.2. The molecule has 0 saturated carbocycles. The fraction of sp³-hybridized carbons (Fsp3) is 0.571. The lowest BCUT2D eigenvalue weighted by atomic mass is 10.2. The van der Waals surface area contributed by atoms with E-state index in [0.717, 1.165) is 23.4 Å². The monoisotopic (exact) mass is 325 g/mol. The molecule has 0 aliphatic rings. The third-order valence-electron chi connectivity index (χ3n) is 3.81. The third-order valence-corrected chi connectivity index (χ3v) is 5.57. The van der Waals surface area contributed by atoms with E-state index in [9.17, 15) is 8.42 Å². The lowest BCUT2D eigenvalue weighted by Crippen LogP contribution is -2.26. The van der Waals surface area contributed by atoms with Crippen molar-refractivity contribution in [2.24, 2.45) is 7.05 Å². The number of sulfonamides is 1. The molecule has 2 heterocycles. The van der Waals surface area contributed by atoms with E-state index in [-0.39, 0.29) is 4.90 Å². The first-order valence-electron chi connectivity index (χ1n) is 7.25. The largest absolute Gasteiger partial charge is 0.272 e. The van der Waals surface area contributed by atoms with Gasteiger partial charge >= 0.3 is 0 Å². The van der Waals surface area contributed by atoms with Crippen LogP contribution in [0.4, 0.5) is 0 Å². The maximum absolute atomic E-state index is 12.6. The van der Waals surface area contributed by atoms with Crippen molar-refractivity contribution >= 4 is 10.0 Å². The van der Waals surface area contributed by atoms with Crippen LogP contribution in [-0.4, -0.2) is 39.3 Å². The second-order valence-corrected chi connectivity index (χ2v) is 7.52. The minimum Gasteiger partial charge on any atom is -0.272 e. The van der Waals surface area contributed by atoms with Crippen LogP contribution >= 0.6 is 0 Å². The van der Waals surface area contributed by atoms with E-state index in [1.807, 2.05) is 27.8 Å². The van der Waals surface area contributed by atoms with Crippen LogP contribution in [0.15, 0.2) is 17.3 Å². The first-order valence-corrected chi connectivity index (χ1v) is 8.69. The van der Waals surface area contributed by atoms with Gasteiger partial charge in [-0.05, 0) is 20.3 Å². The van der Waals surface area contributed by atoms with E-state index in [1.54, 1.807) is 22.6 Å². The van der Waals surface area contributed by atoms with Crippen molar-refractivity contribution in [3.8, 4) is 0 Å². The minimum absolute atomic E-state index is 0.225. The van der Waals surface area contributed by atoms with Crippen LogP contribution in [0, 0.1) is 13.8 Å². The molecule has 0 aromatic carbocycles. The normalized spacial score (nSPS) is 12.3. The summed E-state index contributed by atoms with van der Waals surface area (Å²) in [4.78, 5) is 0.225. The van der Waals surface area contributed by atoms with Gasteiger partial charge in [0.25, 0.3) is 0 Å². The summed E-state index contributed by atoms with van der Waals surface area (Å²) < 4.78 is 30.0. The Morgan fingerprint density at radius 2 is 2.00 bits per heavy atom. The number of nitrogens with zero attached hydrogens (tertiary/aromatic N) is 5. The van der Waals surface area contributed by atoms with Gasteiger partial charge in [0.2, 0.25) is 10.0 Å². The molecule has 0 aliphatic heterocycles. The van der Waals surface area contributed by atoms with Crippen LogP contribution in [0.3, 0.4) is 0 Å². The molecule has 0 bridgehead atoms. The standard InChI is InChI=1S/C14H23N5O2S/c1-6-7-19-9-13(8-15-19)22(20,21)17(4)10-14-11(2)16-18(5)12(14)3/h8-9H,6-7,10H2,1-5H3. The number of rotatable bonds is 6. The van der Waals surface area contributed by atoms with Gasteiger partial charge in [0.05, 0.1) is 11.9 Å². The maximum atomic E-state index is 12.6. The number of aromatic nitrogens is 4. The summed E-state index contributed by atoms with van der Waals surface area (Å²) in [5.41, 5.74) is 2.76. The Balaban J connectivity index is 2.24. The van der Waals surface area contributed by atoms with Crippen molar-refractivity contribution in [2.45, 2.75) is 45.2 Å². The van der Waals surface area contributed by atoms with Crippen LogP contribution in [0.1, 0.15) is 30.3 Å². The fourth-order valence-electron chi connectivity index (χ4n) is 2.36. The second kappa shape index (κ2) is 6.21. The van der Waals surface area contributed by atoms with Crippen LogP contribution < -0.4 is 0 Å². The molecule has 0 radical (unpaired) electrons. The molecular formula is C14H23N5O2S. The van der Waals surface area contributed by atoms with Crippen molar-refractivity contribution in [1.82, 2.24) is 23.9 Å². The molecule has 7 nitrogen and oxygen atoms in total. The zero-order valence-corrected chi connectivity index (χ0v) is 14.6. The second-order valence-electron chi connectivity index (χ2n) is 5.47. The van der Waals surface area contributed by atoms with Crippen LogP contribution in [0.5, 0.6) is 0 Å². The Morgan fingerprint density at radius 1 is 1.32 bits per heavy atom. The molecule has 22 heavy (non-hydrogen) atoms. The highest BCUT2D eigenvalue weighted by Gasteiger charge is 2.24. The van der Waals surface area contributed by atoms with Crippen LogP contribution in [0.2, 0.25) is 0 Å². The predicted octanol–water partition coefficient (Wildman–Crippen LogP) is 1.46. The van der Waals surface area contributed by atoms with E-state index in [2.05, 4.69) is 10.2 Å². The maximum Gasteiger partial charge on any atom is 0.246 e. The number of hydrogen-bond acceptors (Lipinski definition) is 4. The fourth-order valence-corrected chi connectivity index (χ4v) is 3.46. The van der Waals surface area contributed by atoms with Gasteiger partial charge in [-0.15, -0.1) is 0 Å². The first kappa shape index (κ1) is 16.7. The van der Waals surface area contributed by atoms with Crippen molar-refractivity contribution in [3.05, 3.63) is 29.3 Å². The van der Waals surface area contributed by atoms with Gasteiger partial charge in [0.1, 0.15) is 4.90 Å². The van der Waals surface area contributed by atoms with Crippen molar-refractivity contribution in [2.75, 3.05) is 7.05 Å². The third kappa shape index (κ3) is 3.07. The highest BCUT2D eigenvalue weighted by Crippen LogP contribution is 2.19. The molecule has 0 N–H and O–H groups in total. The number of aryl methyl sites for hydroxylation is 3. The Bertz CT molecular complexity index is 760. The zero-order valence-electron chi connectivity index (χ0n) is 13.7. The van der Waals surface area contributed by atoms with Gasteiger partial charge in [-0.2, -0.15) is 14.5 Å². The molecule has 0 unspecified atom stereocenters. The van der Waals surface area contributed by atoms with Gasteiger partial charge in [-0.3, -0.25) is 9.36 Å². The summed E-state index contributed by atoms with van der Waals surface area (Å²) in [5.74, 6) is 0. The summed E-state index contributed by atoms with van der Waals surface area (Å²) in [6, 6.07) is 0. The average Bonchev–Trinajstić information content (AvgIpc) is 3.00. The lowest BCUT2D eigenvalue weighted by Gasteiger charge is -2.16. The van der Waals surface area contributed by atoms with Crippen LogP contribution in [0.25, 0.3) is 0 Å². The molecular weight excluding hydrogens is 302 g/mol. The molecule has 0 aliphatic carbocycles. The Hall–Kier alpha value is -1.67. The van der Waals surface area contributed by atoms with E-state index >= 15 is 0 Å². The van der Waals surface area contributed by atoms with E-state index in [4.69, 9.17) is 0 Å². The van der Waals surface area contributed by atoms with Gasteiger partial charge in [-0.25, -0.2) is 8.42 Å². The van der Waals surface area contributed by atoms with Gasteiger partial charge < -0.3 is 0 Å². The predicted molar refractivity (Wildman–Crippen MR) is 83.9 cm³/mol. The SMILES string of the molecule is CCCn1cc(S(=O)(=O)N(C)Cc2c(C)nn(C)c2C)cn1. The summed E-state index contributed by atoms with van der Waals surface area (Å²) >= 11 is 0. The minimum atomic E-state index is -3.55. The Kier molecular flexibility index (Phi) is 4.72. The molecule has 2 rings (SSSR count). The van der Waals surface area contributed by atoms with Gasteiger partial charge in [-0.1, -0.05) is 6.92 Å². The molecule has 0 spiro atoms. The van der Waals surface area contributed by atoms with Crippen molar-refractivity contribution in [1.29, 1.82) is 0 Å². The van der Waals surface area contributed by atoms with Gasteiger partial charge in [0, 0.05) is 44.6 Å². The van der Waals surface area contributed by atoms with Gasteiger partial charge in [0.15, 0.2) is 0 Å². The quantitative estimate of drug-likeness (QED) is 0.806. The molecule has 2 aromatic rings. The molecule has 2 aromatic heterocycles. The van der Waals surface area contributed by atoms with Crippen LogP contribution in [-0.2, 0) is 30.2 Å². The van der Waals surface area contributed by atoms with E-state index in [1.165, 1.54) is 10.5 Å². The average molecular weight is 325 g/mol. The first-order chi connectivity index (χ1) is 10.3.